The molecule has 0 aliphatic carbocycles. The topological polar surface area (TPSA) is 121 Å². The molecule has 30 heavy (non-hydrogen) atoms. The first-order valence-electron chi connectivity index (χ1n) is 9.59. The normalized spacial score (nSPS) is 20.7. The van der Waals surface area contributed by atoms with Gasteiger partial charge in [0.25, 0.3) is 0 Å². The van der Waals surface area contributed by atoms with E-state index in [1.165, 1.54) is 4.90 Å². The molecular weight excluding hydrogens is 409 g/mol. The van der Waals surface area contributed by atoms with Crippen LogP contribution in [0.4, 0.5) is 18.0 Å². The fourth-order valence-electron chi connectivity index (χ4n) is 3.80. The predicted molar refractivity (Wildman–Crippen MR) is 95.0 cm³/mol. The molecule has 1 aromatic heterocycles. The van der Waals surface area contributed by atoms with Crippen molar-refractivity contribution in [2.45, 2.75) is 51.5 Å². The Morgan fingerprint density at radius 2 is 2.03 bits per heavy atom. The molecule has 1 aromatic rings. The maximum atomic E-state index is 12.9. The lowest BCUT2D eigenvalue weighted by molar-refractivity contribution is -0.148. The van der Waals surface area contributed by atoms with E-state index in [0.29, 0.717) is 13.0 Å². The van der Waals surface area contributed by atoms with E-state index in [4.69, 9.17) is 5.11 Å². The summed E-state index contributed by atoms with van der Waals surface area (Å²) in [6, 6.07) is -0.824. The number of halogens is 3. The van der Waals surface area contributed by atoms with E-state index in [2.05, 4.69) is 15.5 Å². The molecule has 10 nitrogen and oxygen atoms in total. The summed E-state index contributed by atoms with van der Waals surface area (Å²) >= 11 is 0. The zero-order chi connectivity index (χ0) is 22.1. The highest BCUT2D eigenvalue weighted by Gasteiger charge is 2.40. The van der Waals surface area contributed by atoms with Gasteiger partial charge in [-0.1, -0.05) is 6.92 Å². The largest absolute Gasteiger partial charge is 0.465 e. The molecule has 2 aliphatic heterocycles. The van der Waals surface area contributed by atoms with Crippen LogP contribution < -0.4 is 5.32 Å². The molecule has 2 aliphatic rings. The number of aromatic nitrogens is 3. The van der Waals surface area contributed by atoms with Crippen LogP contribution in [0.1, 0.15) is 37.8 Å². The first-order chi connectivity index (χ1) is 14.0. The number of piperidine rings is 1. The SMILES string of the molecule is C[C@H]1CCC(=O)N(C[C@H](CC(=O)N2CCn3c(nnc3C(F)(F)F)C2)NC(=O)O)C1. The first kappa shape index (κ1) is 21.8. The van der Waals surface area contributed by atoms with Crippen LogP contribution >= 0.6 is 0 Å². The number of alkyl halides is 3. The Hall–Kier alpha value is -2.86. The number of carboxylic acid groups (broad SMARTS) is 1. The molecule has 1 fully saturated rings. The fourth-order valence-corrected chi connectivity index (χ4v) is 3.80. The summed E-state index contributed by atoms with van der Waals surface area (Å²) in [5.41, 5.74) is 0. The van der Waals surface area contributed by atoms with E-state index in [1.54, 1.807) is 4.90 Å². The minimum Gasteiger partial charge on any atom is -0.465 e. The van der Waals surface area contributed by atoms with Gasteiger partial charge in [0.15, 0.2) is 5.82 Å². The third-order valence-corrected chi connectivity index (χ3v) is 5.28. The van der Waals surface area contributed by atoms with Crippen LogP contribution in [-0.4, -0.2) is 73.3 Å². The zero-order valence-corrected chi connectivity index (χ0v) is 16.4. The lowest BCUT2D eigenvalue weighted by Crippen LogP contribution is -2.50. The number of hydrogen-bond acceptors (Lipinski definition) is 5. The minimum absolute atomic E-state index is 0.0182. The molecule has 0 bridgehead atoms. The van der Waals surface area contributed by atoms with Gasteiger partial charge in [-0.2, -0.15) is 13.2 Å². The van der Waals surface area contributed by atoms with Gasteiger partial charge >= 0.3 is 12.3 Å². The highest BCUT2D eigenvalue weighted by Crippen LogP contribution is 2.29. The van der Waals surface area contributed by atoms with Gasteiger partial charge in [-0.3, -0.25) is 9.59 Å². The van der Waals surface area contributed by atoms with E-state index in [0.717, 1.165) is 11.0 Å². The Balaban J connectivity index is 1.65. The number of amides is 3. The molecule has 3 amide bonds. The zero-order valence-electron chi connectivity index (χ0n) is 16.4. The van der Waals surface area contributed by atoms with E-state index < -0.39 is 30.0 Å². The van der Waals surface area contributed by atoms with E-state index in [9.17, 15) is 27.6 Å². The van der Waals surface area contributed by atoms with Crippen LogP contribution in [0.5, 0.6) is 0 Å². The van der Waals surface area contributed by atoms with Gasteiger partial charge in [0.1, 0.15) is 0 Å². The van der Waals surface area contributed by atoms with Gasteiger partial charge in [-0.25, -0.2) is 4.79 Å². The summed E-state index contributed by atoms with van der Waals surface area (Å²) in [7, 11) is 0. The molecule has 3 heterocycles. The summed E-state index contributed by atoms with van der Waals surface area (Å²) < 4.78 is 39.8. The lowest BCUT2D eigenvalue weighted by atomic mass is 9.99. The third kappa shape index (κ3) is 5.00. The second-order valence-electron chi connectivity index (χ2n) is 7.70. The number of nitrogens with zero attached hydrogens (tertiary/aromatic N) is 5. The maximum absolute atomic E-state index is 12.9. The highest BCUT2D eigenvalue weighted by molar-refractivity contribution is 5.79. The summed E-state index contributed by atoms with van der Waals surface area (Å²) in [6.07, 6.45) is -5.03. The van der Waals surface area contributed by atoms with Crippen LogP contribution in [0.25, 0.3) is 0 Å². The van der Waals surface area contributed by atoms with Crippen molar-refractivity contribution in [1.29, 1.82) is 0 Å². The van der Waals surface area contributed by atoms with E-state index in [1.807, 2.05) is 6.92 Å². The molecule has 0 unspecified atom stereocenters. The standard InChI is InChI=1S/C17H23F3N6O4/c1-10-2-3-13(27)25(7-10)8-11(21-16(29)30)6-14(28)24-4-5-26-12(9-24)22-23-15(26)17(18,19)20/h10-11,21H,2-9H2,1H3,(H,29,30)/t10-,11-/m0/s1. The number of carbonyl (C=O) groups excluding carboxylic acids is 2. The quantitative estimate of drug-likeness (QED) is 0.714. The molecule has 2 N–H and O–H groups in total. The average Bonchev–Trinajstić information content (AvgIpc) is 3.07. The van der Waals surface area contributed by atoms with Crippen molar-refractivity contribution >= 4 is 17.9 Å². The van der Waals surface area contributed by atoms with Crippen LogP contribution in [0, 0.1) is 5.92 Å². The van der Waals surface area contributed by atoms with Crippen molar-refractivity contribution in [2.75, 3.05) is 19.6 Å². The number of likely N-dealkylation sites (tertiary alicyclic amines) is 1. The van der Waals surface area contributed by atoms with Crippen LogP contribution in [0.2, 0.25) is 0 Å². The summed E-state index contributed by atoms with van der Waals surface area (Å²) in [6.45, 7) is 2.29. The number of hydrogen-bond donors (Lipinski definition) is 2. The third-order valence-electron chi connectivity index (χ3n) is 5.28. The Morgan fingerprint density at radius 3 is 2.70 bits per heavy atom. The second kappa shape index (κ2) is 8.48. The van der Waals surface area contributed by atoms with Crippen LogP contribution in [0.15, 0.2) is 0 Å². The van der Waals surface area contributed by atoms with Gasteiger partial charge < -0.3 is 24.8 Å². The van der Waals surface area contributed by atoms with Crippen molar-refractivity contribution in [3.63, 3.8) is 0 Å². The molecule has 1 saturated heterocycles. The number of nitrogens with one attached hydrogen (secondary N) is 1. The van der Waals surface area contributed by atoms with Gasteiger partial charge in [0, 0.05) is 39.0 Å². The minimum atomic E-state index is -4.63. The molecule has 2 atom stereocenters. The van der Waals surface area contributed by atoms with Gasteiger partial charge in [-0.15, -0.1) is 10.2 Å². The fraction of sp³-hybridized carbons (Fsp3) is 0.706. The molecule has 0 aromatic carbocycles. The highest BCUT2D eigenvalue weighted by atomic mass is 19.4. The van der Waals surface area contributed by atoms with Crippen molar-refractivity contribution in [3.05, 3.63) is 11.6 Å². The predicted octanol–water partition coefficient (Wildman–Crippen LogP) is 0.924. The number of rotatable bonds is 5. The monoisotopic (exact) mass is 432 g/mol. The van der Waals surface area contributed by atoms with Crippen LogP contribution in [-0.2, 0) is 28.9 Å². The molecule has 0 spiro atoms. The number of carbonyl (C=O) groups is 3. The van der Waals surface area contributed by atoms with E-state index >= 15 is 0 Å². The Kier molecular flexibility index (Phi) is 6.17. The number of fused-ring (bicyclic) bond motifs is 1. The Morgan fingerprint density at radius 1 is 1.30 bits per heavy atom. The Bertz CT molecular complexity index is 827. The first-order valence-corrected chi connectivity index (χ1v) is 9.59. The van der Waals surface area contributed by atoms with Crippen LogP contribution in [0.3, 0.4) is 0 Å². The van der Waals surface area contributed by atoms with Crippen molar-refractivity contribution < 1.29 is 32.7 Å². The summed E-state index contributed by atoms with van der Waals surface area (Å²) in [5.74, 6) is -1.34. The van der Waals surface area contributed by atoms with Gasteiger partial charge in [0.05, 0.1) is 12.6 Å². The summed E-state index contributed by atoms with van der Waals surface area (Å²) in [5, 5.41) is 18.1. The molecule has 3 rings (SSSR count). The lowest BCUT2D eigenvalue weighted by Gasteiger charge is -2.34. The molecule has 0 radical (unpaired) electrons. The molecule has 166 valence electrons. The molecular formula is C17H23F3N6O4. The van der Waals surface area contributed by atoms with Crippen molar-refractivity contribution in [2.24, 2.45) is 5.92 Å². The van der Waals surface area contributed by atoms with E-state index in [-0.39, 0.29) is 50.2 Å². The van der Waals surface area contributed by atoms with Gasteiger partial charge in [-0.05, 0) is 12.3 Å². The average molecular weight is 432 g/mol. The van der Waals surface area contributed by atoms with Gasteiger partial charge in [0.2, 0.25) is 17.6 Å². The summed E-state index contributed by atoms with van der Waals surface area (Å²) in [4.78, 5) is 38.8. The smallest absolute Gasteiger partial charge is 0.451 e. The second-order valence-corrected chi connectivity index (χ2v) is 7.70. The molecule has 0 saturated carbocycles. The molecule has 13 heteroatoms. The van der Waals surface area contributed by atoms with Crippen molar-refractivity contribution in [3.8, 4) is 0 Å². The van der Waals surface area contributed by atoms with Crippen molar-refractivity contribution in [1.82, 2.24) is 29.9 Å². The Labute approximate surface area is 170 Å². The maximum Gasteiger partial charge on any atom is 0.451 e.